The van der Waals surface area contributed by atoms with E-state index in [-0.39, 0.29) is 11.6 Å². The highest BCUT2D eigenvalue weighted by atomic mass is 32.1. The minimum atomic E-state index is -0.293. The standard InChI is InChI=1S/C14H13NO3S/c16-13(18-14(5-6-14)9-3-4-9)10-8-19-12(15-10)11-2-1-7-17-11/h1-2,7-9H,3-6H2. The summed E-state index contributed by atoms with van der Waals surface area (Å²) >= 11 is 1.40. The number of furan rings is 1. The fourth-order valence-electron chi connectivity index (χ4n) is 2.44. The number of ether oxygens (including phenoxy) is 1. The SMILES string of the molecule is O=C(OC1(C2CC2)CC1)c1csc(-c2ccco2)n1. The van der Waals surface area contributed by atoms with E-state index >= 15 is 0 Å². The van der Waals surface area contributed by atoms with Crippen molar-refractivity contribution in [3.63, 3.8) is 0 Å². The number of hydrogen-bond donors (Lipinski definition) is 0. The lowest BCUT2D eigenvalue weighted by Gasteiger charge is -2.14. The number of thiazole rings is 1. The van der Waals surface area contributed by atoms with Crippen LogP contribution in [0.25, 0.3) is 10.8 Å². The Bertz CT molecular complexity index is 608. The number of hydrogen-bond acceptors (Lipinski definition) is 5. The molecule has 2 aliphatic rings. The van der Waals surface area contributed by atoms with Crippen molar-refractivity contribution < 1.29 is 13.9 Å². The third kappa shape index (κ3) is 1.98. The van der Waals surface area contributed by atoms with Gasteiger partial charge >= 0.3 is 5.97 Å². The molecule has 4 nitrogen and oxygen atoms in total. The second-order valence-corrected chi connectivity index (χ2v) is 6.10. The van der Waals surface area contributed by atoms with E-state index in [2.05, 4.69) is 4.98 Å². The summed E-state index contributed by atoms with van der Waals surface area (Å²) in [6.45, 7) is 0. The van der Waals surface area contributed by atoms with Crippen LogP contribution in [0.4, 0.5) is 0 Å². The van der Waals surface area contributed by atoms with E-state index in [4.69, 9.17) is 9.15 Å². The number of carbonyl (C=O) groups excluding carboxylic acids is 1. The molecule has 0 N–H and O–H groups in total. The van der Waals surface area contributed by atoms with Gasteiger partial charge in [-0.15, -0.1) is 11.3 Å². The van der Waals surface area contributed by atoms with Crippen LogP contribution in [-0.4, -0.2) is 16.6 Å². The van der Waals surface area contributed by atoms with Gasteiger partial charge in [-0.3, -0.25) is 0 Å². The summed E-state index contributed by atoms with van der Waals surface area (Å²) < 4.78 is 10.9. The zero-order valence-corrected chi connectivity index (χ0v) is 11.1. The van der Waals surface area contributed by atoms with Crippen molar-refractivity contribution in [1.82, 2.24) is 4.98 Å². The Hall–Kier alpha value is -1.62. The fraction of sp³-hybridized carbons (Fsp3) is 0.429. The number of esters is 1. The maximum absolute atomic E-state index is 12.1. The van der Waals surface area contributed by atoms with Gasteiger partial charge in [-0.2, -0.15) is 0 Å². The Labute approximate surface area is 114 Å². The van der Waals surface area contributed by atoms with Crippen LogP contribution < -0.4 is 0 Å². The van der Waals surface area contributed by atoms with Crippen molar-refractivity contribution in [3.05, 3.63) is 29.5 Å². The average molecular weight is 275 g/mol. The first-order valence-corrected chi connectivity index (χ1v) is 7.38. The molecule has 0 spiro atoms. The van der Waals surface area contributed by atoms with E-state index in [1.54, 1.807) is 17.7 Å². The molecule has 0 aliphatic heterocycles. The van der Waals surface area contributed by atoms with E-state index < -0.39 is 0 Å². The Kier molecular flexibility index (Phi) is 2.33. The molecule has 0 radical (unpaired) electrons. The van der Waals surface area contributed by atoms with Crippen molar-refractivity contribution >= 4 is 17.3 Å². The van der Waals surface area contributed by atoms with Crippen LogP contribution in [0.3, 0.4) is 0 Å². The summed E-state index contributed by atoms with van der Waals surface area (Å²) in [5.41, 5.74) is 0.245. The first kappa shape index (κ1) is 11.2. The number of nitrogens with zero attached hydrogens (tertiary/aromatic N) is 1. The molecule has 2 fully saturated rings. The Balaban J connectivity index is 1.51. The molecule has 4 rings (SSSR count). The average Bonchev–Trinajstić information content (AvgIpc) is 3.28. The molecule has 2 heterocycles. The molecular weight excluding hydrogens is 262 g/mol. The lowest BCUT2D eigenvalue weighted by atomic mass is 10.2. The molecule has 0 amide bonds. The van der Waals surface area contributed by atoms with Crippen molar-refractivity contribution in [1.29, 1.82) is 0 Å². The summed E-state index contributed by atoms with van der Waals surface area (Å²) in [5.74, 6) is 0.991. The first-order chi connectivity index (χ1) is 9.27. The minimum absolute atomic E-state index is 0.147. The highest BCUT2D eigenvalue weighted by molar-refractivity contribution is 7.13. The van der Waals surface area contributed by atoms with E-state index in [1.165, 1.54) is 24.2 Å². The van der Waals surface area contributed by atoms with Gasteiger partial charge in [0.25, 0.3) is 0 Å². The monoisotopic (exact) mass is 275 g/mol. The fourth-order valence-corrected chi connectivity index (χ4v) is 3.20. The molecule has 2 aliphatic carbocycles. The first-order valence-electron chi connectivity index (χ1n) is 6.50. The van der Waals surface area contributed by atoms with Crippen LogP contribution >= 0.6 is 11.3 Å². The Morgan fingerprint density at radius 3 is 2.95 bits per heavy atom. The normalized spacial score (nSPS) is 20.2. The van der Waals surface area contributed by atoms with Gasteiger partial charge in [-0.1, -0.05) is 0 Å². The third-order valence-corrected chi connectivity index (χ3v) is 4.66. The van der Waals surface area contributed by atoms with Crippen molar-refractivity contribution in [2.24, 2.45) is 5.92 Å². The molecule has 0 bridgehead atoms. The molecule has 98 valence electrons. The van der Waals surface area contributed by atoms with Gasteiger partial charge < -0.3 is 9.15 Å². The molecular formula is C14H13NO3S. The third-order valence-electron chi connectivity index (χ3n) is 3.81. The number of rotatable bonds is 4. The van der Waals surface area contributed by atoms with Crippen molar-refractivity contribution in [2.45, 2.75) is 31.3 Å². The predicted octanol–water partition coefficient (Wildman–Crippen LogP) is 3.50. The van der Waals surface area contributed by atoms with Crippen LogP contribution in [0.15, 0.2) is 28.2 Å². The lowest BCUT2D eigenvalue weighted by molar-refractivity contribution is 0.0154. The molecule has 0 aromatic carbocycles. The highest BCUT2D eigenvalue weighted by Gasteiger charge is 2.57. The zero-order chi connectivity index (χ0) is 12.9. The molecule has 0 atom stereocenters. The van der Waals surface area contributed by atoms with E-state index in [1.807, 2.05) is 6.07 Å². The van der Waals surface area contributed by atoms with E-state index in [9.17, 15) is 4.79 Å². The van der Waals surface area contributed by atoms with Gasteiger partial charge in [0.1, 0.15) is 5.60 Å². The molecule has 2 saturated carbocycles. The van der Waals surface area contributed by atoms with Crippen molar-refractivity contribution in [2.75, 3.05) is 0 Å². The molecule has 2 aromatic rings. The van der Waals surface area contributed by atoms with Crippen LogP contribution in [0.2, 0.25) is 0 Å². The second kappa shape index (κ2) is 3.93. The smallest absolute Gasteiger partial charge is 0.358 e. The molecule has 2 aromatic heterocycles. The van der Waals surface area contributed by atoms with E-state index in [0.717, 1.165) is 12.8 Å². The lowest BCUT2D eigenvalue weighted by Crippen LogP contribution is -2.22. The topological polar surface area (TPSA) is 52.3 Å². The van der Waals surface area contributed by atoms with Gasteiger partial charge in [0, 0.05) is 5.38 Å². The maximum Gasteiger partial charge on any atom is 0.358 e. The summed E-state index contributed by atoms with van der Waals surface area (Å²) in [7, 11) is 0. The van der Waals surface area contributed by atoms with Gasteiger partial charge in [-0.25, -0.2) is 9.78 Å². The summed E-state index contributed by atoms with van der Waals surface area (Å²) in [6.07, 6.45) is 6.02. The van der Waals surface area contributed by atoms with Gasteiger partial charge in [0.05, 0.1) is 6.26 Å². The van der Waals surface area contributed by atoms with Crippen LogP contribution in [0, 0.1) is 5.92 Å². The number of aromatic nitrogens is 1. The summed E-state index contributed by atoms with van der Waals surface area (Å²) in [6, 6.07) is 3.64. The van der Waals surface area contributed by atoms with Gasteiger partial charge in [0.15, 0.2) is 16.5 Å². The van der Waals surface area contributed by atoms with Crippen LogP contribution in [0.1, 0.15) is 36.2 Å². The van der Waals surface area contributed by atoms with Crippen LogP contribution in [0.5, 0.6) is 0 Å². The summed E-state index contributed by atoms with van der Waals surface area (Å²) in [4.78, 5) is 16.4. The summed E-state index contributed by atoms with van der Waals surface area (Å²) in [5, 5.41) is 2.46. The molecule has 0 unspecified atom stereocenters. The van der Waals surface area contributed by atoms with E-state index in [0.29, 0.717) is 22.4 Å². The Morgan fingerprint density at radius 1 is 1.47 bits per heavy atom. The van der Waals surface area contributed by atoms with Crippen LogP contribution in [-0.2, 0) is 4.74 Å². The highest BCUT2D eigenvalue weighted by Crippen LogP contribution is 2.56. The van der Waals surface area contributed by atoms with Crippen molar-refractivity contribution in [3.8, 4) is 10.8 Å². The second-order valence-electron chi connectivity index (χ2n) is 5.24. The molecule has 5 heteroatoms. The maximum atomic E-state index is 12.1. The Morgan fingerprint density at radius 2 is 2.32 bits per heavy atom. The number of carbonyl (C=O) groups is 1. The molecule has 0 saturated heterocycles. The van der Waals surface area contributed by atoms with Gasteiger partial charge in [0.2, 0.25) is 0 Å². The quantitative estimate of drug-likeness (QED) is 0.801. The minimum Gasteiger partial charge on any atom is -0.462 e. The largest absolute Gasteiger partial charge is 0.462 e. The van der Waals surface area contributed by atoms with Gasteiger partial charge in [-0.05, 0) is 43.7 Å². The molecule has 19 heavy (non-hydrogen) atoms. The zero-order valence-electron chi connectivity index (χ0n) is 10.3. The predicted molar refractivity (Wildman–Crippen MR) is 69.9 cm³/mol.